The number of pyridine rings is 2. The number of aromatic nitrogens is 4. The minimum Gasteiger partial charge on any atom is -0.333 e. The van der Waals surface area contributed by atoms with Crippen LogP contribution in [0, 0.1) is 26.8 Å². The second-order valence-corrected chi connectivity index (χ2v) is 22.1. The molecule has 7 aromatic carbocycles. The molecule has 1 aliphatic heterocycles. The zero-order valence-corrected chi connectivity index (χ0v) is 46.8. The molecule has 0 aliphatic carbocycles. The second-order valence-electron chi connectivity index (χ2n) is 22.1. The predicted octanol–water partition coefficient (Wildman–Crippen LogP) is 17.9. The third-order valence-corrected chi connectivity index (χ3v) is 15.6. The maximum absolute atomic E-state index is 4.99. The van der Waals surface area contributed by atoms with E-state index in [2.05, 4.69) is 237 Å². The smallest absolute Gasteiger partial charge is 0.295 e. The van der Waals surface area contributed by atoms with Gasteiger partial charge in [0.1, 0.15) is 18.3 Å². The first-order valence-electron chi connectivity index (χ1n) is 26.1. The van der Waals surface area contributed by atoms with Crippen LogP contribution in [0.25, 0.3) is 88.3 Å². The number of fused-ring (bicyclic) bond motifs is 9. The molecule has 0 amide bonds. The third-order valence-electron chi connectivity index (χ3n) is 15.6. The Bertz CT molecular complexity index is 3860. The summed E-state index contributed by atoms with van der Waals surface area (Å²) >= 11 is 0. The molecule has 0 spiro atoms. The molecule has 1 radical (unpaired) electrons. The Kier molecular flexibility index (Phi) is 12.9. The largest absolute Gasteiger partial charge is 0.333 e. The van der Waals surface area contributed by atoms with Gasteiger partial charge in [-0.1, -0.05) is 165 Å². The molecule has 0 saturated carbocycles. The Morgan fingerprint density at radius 1 is 0.528 bits per heavy atom. The molecule has 0 unspecified atom stereocenters. The van der Waals surface area contributed by atoms with Crippen molar-refractivity contribution in [1.82, 2.24) is 13.8 Å². The first-order chi connectivity index (χ1) is 34.1. The summed E-state index contributed by atoms with van der Waals surface area (Å²) in [5.41, 5.74) is 25.1. The summed E-state index contributed by atoms with van der Waals surface area (Å²) in [6.07, 6.45) is 4.51. The normalized spacial score (nSPS) is 12.4. The van der Waals surface area contributed by atoms with Crippen molar-refractivity contribution in [3.8, 4) is 33.6 Å². The van der Waals surface area contributed by atoms with Crippen LogP contribution in [-0.2, 0) is 26.7 Å². The van der Waals surface area contributed by atoms with Crippen LogP contribution in [0.4, 0.5) is 0 Å². The summed E-state index contributed by atoms with van der Waals surface area (Å²) in [6.45, 7) is 30.7. The van der Waals surface area contributed by atoms with Gasteiger partial charge < -0.3 is 4.40 Å². The van der Waals surface area contributed by atoms with Crippen molar-refractivity contribution < 1.29 is 24.7 Å². The van der Waals surface area contributed by atoms with Crippen LogP contribution in [-0.4, -0.2) is 13.8 Å². The number of benzene rings is 7. The monoisotopic (exact) mass is 1120 g/mol. The van der Waals surface area contributed by atoms with Crippen LogP contribution >= 0.6 is 0 Å². The Morgan fingerprint density at radius 3 is 1.79 bits per heavy atom. The zero-order chi connectivity index (χ0) is 49.7. The van der Waals surface area contributed by atoms with Crippen LogP contribution in [0.5, 0.6) is 0 Å². The van der Waals surface area contributed by atoms with E-state index in [4.69, 9.17) is 4.98 Å². The molecule has 4 aromatic heterocycles. The fourth-order valence-corrected chi connectivity index (χ4v) is 11.7. The summed E-state index contributed by atoms with van der Waals surface area (Å²) < 4.78 is 7.44. The minimum absolute atomic E-state index is 0. The van der Waals surface area contributed by atoms with Crippen LogP contribution in [0.1, 0.15) is 149 Å². The maximum atomic E-state index is 4.99. The quantitative estimate of drug-likeness (QED) is 0.0846. The van der Waals surface area contributed by atoms with Gasteiger partial charge in [0, 0.05) is 59.3 Å². The van der Waals surface area contributed by atoms with Crippen LogP contribution in [0.3, 0.4) is 0 Å². The molecule has 0 fully saturated rings. The van der Waals surface area contributed by atoms with Gasteiger partial charge in [0.15, 0.2) is 5.69 Å². The van der Waals surface area contributed by atoms with E-state index in [-0.39, 0.29) is 20.1 Å². The van der Waals surface area contributed by atoms with Crippen LogP contribution in [0.2, 0.25) is 0 Å². The van der Waals surface area contributed by atoms with E-state index < -0.39 is 0 Å². The second kappa shape index (κ2) is 18.9. The van der Waals surface area contributed by atoms with Gasteiger partial charge in [-0.25, -0.2) is 4.57 Å². The number of imidazole rings is 2. The Balaban J connectivity index is 0.000000165. The van der Waals surface area contributed by atoms with Crippen molar-refractivity contribution in [2.75, 3.05) is 0 Å². The van der Waals surface area contributed by atoms with Gasteiger partial charge in [-0.15, -0.1) is 29.7 Å². The Hall–Kier alpha value is -6.39. The summed E-state index contributed by atoms with van der Waals surface area (Å²) in [4.78, 5) is 4.99. The zero-order valence-electron chi connectivity index (χ0n) is 44.4. The van der Waals surface area contributed by atoms with Crippen molar-refractivity contribution in [3.05, 3.63) is 190 Å². The molecule has 0 bridgehead atoms. The molecule has 0 saturated heterocycles. The topological polar surface area (TPSA) is 25.6 Å². The van der Waals surface area contributed by atoms with E-state index in [1.807, 2.05) is 6.07 Å². The molecular weight excluding hydrogens is 1050 g/mol. The maximum Gasteiger partial charge on any atom is 0.295 e. The first-order valence-corrected chi connectivity index (χ1v) is 26.1. The summed E-state index contributed by atoms with van der Waals surface area (Å²) in [5.74, 6) is 2.14. The average molecular weight is 1120 g/mol. The van der Waals surface area contributed by atoms with E-state index in [0.717, 1.165) is 17.6 Å². The third kappa shape index (κ3) is 7.99. The molecule has 72 heavy (non-hydrogen) atoms. The Labute approximate surface area is 440 Å². The first kappa shape index (κ1) is 49.2. The van der Waals surface area contributed by atoms with Crippen LogP contribution < -0.4 is 4.57 Å². The van der Waals surface area contributed by atoms with Crippen molar-refractivity contribution >= 4 is 54.6 Å². The van der Waals surface area contributed by atoms with E-state index in [9.17, 15) is 0 Å². The fraction of sp³-hybridized carbons (Fsp3) is 0.284. The fourth-order valence-electron chi connectivity index (χ4n) is 11.7. The average Bonchev–Trinajstić information content (AvgIpc) is 4.07. The Morgan fingerprint density at radius 2 is 1.14 bits per heavy atom. The van der Waals surface area contributed by atoms with Gasteiger partial charge in [-0.3, -0.25) is 4.98 Å². The van der Waals surface area contributed by atoms with Crippen molar-refractivity contribution in [3.63, 3.8) is 0 Å². The number of aryl methyl sites for hydroxylation is 3. The summed E-state index contributed by atoms with van der Waals surface area (Å²) in [5, 5.41) is 7.68. The summed E-state index contributed by atoms with van der Waals surface area (Å²) in [6, 6.07) is 48.7. The van der Waals surface area contributed by atoms with E-state index in [1.54, 1.807) is 0 Å². The van der Waals surface area contributed by atoms with Gasteiger partial charge in [0.2, 0.25) is 0 Å². The molecule has 5 heteroatoms. The van der Waals surface area contributed by atoms with Gasteiger partial charge in [-0.2, -0.15) is 4.40 Å². The van der Waals surface area contributed by atoms with Crippen molar-refractivity contribution in [2.24, 2.45) is 0 Å². The SMILES string of the molecule is Cc1cc2c3cccc4c3c3n(c(-c5c(C(C)C)cc(-c6ccccc6)cc5C(C)C)c[n+]3C4)c2cc1C.Cc1ccc2c(c1)c1ccc[c-]c1c1ncc(-c3c(C(C)C)cc(C(C)C)cc3C(C)C)n21.[Ir]. The van der Waals surface area contributed by atoms with E-state index in [0.29, 0.717) is 29.6 Å². The number of nitrogens with zero attached hydrogens (tertiary/aromatic N) is 4. The van der Waals surface area contributed by atoms with Gasteiger partial charge >= 0.3 is 0 Å². The molecule has 1 aliphatic rings. The van der Waals surface area contributed by atoms with Gasteiger partial charge in [0.25, 0.3) is 5.65 Å². The van der Waals surface area contributed by atoms with E-state index >= 15 is 0 Å². The van der Waals surface area contributed by atoms with Crippen molar-refractivity contribution in [2.45, 2.75) is 126 Å². The standard InChI is InChI=1S/C36H35N2.C31H33N2.Ir/c1-21(2)29-17-27(25-11-8-7-9-12-25)18-30(22(3)4)35(29)33-20-37-19-26-13-10-14-28-31-15-23(5)24(6)16-32(31)38(33)36(37)34(26)28;1-18(2)22-15-25(19(3)4)30(26(16-22)20(5)6)29-17-32-31-24-11-9-8-10-23(24)27-14-21(7)12-13-28(27)33(29)31;/h7-18,20-22H,19H2,1-6H3;8-10,12-20H,1-7H3;/q+1;-1;. The summed E-state index contributed by atoms with van der Waals surface area (Å²) in [7, 11) is 0. The van der Waals surface area contributed by atoms with Gasteiger partial charge in [0.05, 0.1) is 16.7 Å². The van der Waals surface area contributed by atoms with E-state index in [1.165, 1.54) is 127 Å². The van der Waals surface area contributed by atoms with Crippen LogP contribution in [0.15, 0.2) is 134 Å². The molecule has 4 nitrogen and oxygen atoms in total. The molecular formula is C67H68IrN4. The van der Waals surface area contributed by atoms with Crippen molar-refractivity contribution in [1.29, 1.82) is 0 Å². The minimum atomic E-state index is 0. The number of hydrogen-bond donors (Lipinski definition) is 0. The number of rotatable bonds is 8. The molecule has 12 rings (SSSR count). The molecule has 0 N–H and O–H groups in total. The predicted molar refractivity (Wildman–Crippen MR) is 302 cm³/mol. The molecule has 0 atom stereocenters. The number of hydrogen-bond acceptors (Lipinski definition) is 1. The van der Waals surface area contributed by atoms with Gasteiger partial charge in [-0.05, 0) is 124 Å². The molecule has 5 heterocycles. The molecule has 11 aromatic rings. The molecule has 365 valence electrons.